The summed E-state index contributed by atoms with van der Waals surface area (Å²) >= 11 is 6.08. The van der Waals surface area contributed by atoms with E-state index in [1.54, 1.807) is 0 Å². The van der Waals surface area contributed by atoms with Crippen molar-refractivity contribution in [2.75, 3.05) is 6.54 Å². The molecule has 4 heteroatoms. The molecule has 0 radical (unpaired) electrons. The number of fused-ring (bicyclic) bond motifs is 1. The molecule has 3 rings (SSSR count). The molecule has 0 amide bonds. The van der Waals surface area contributed by atoms with Gasteiger partial charge in [0.2, 0.25) is 0 Å². The van der Waals surface area contributed by atoms with Crippen LogP contribution in [0.1, 0.15) is 57.8 Å². The van der Waals surface area contributed by atoms with Gasteiger partial charge in [-0.3, -0.25) is 4.90 Å². The maximum Gasteiger partial charge on any atom is 0.124 e. The number of H-pyrrole nitrogens is 1. The lowest BCUT2D eigenvalue weighted by atomic mass is 9.96. The first-order chi connectivity index (χ1) is 10.2. The summed E-state index contributed by atoms with van der Waals surface area (Å²) in [7, 11) is 0. The van der Waals surface area contributed by atoms with E-state index in [1.165, 1.54) is 32.2 Å². The highest BCUT2D eigenvalue weighted by Gasteiger charge is 2.29. The van der Waals surface area contributed by atoms with Gasteiger partial charge in [-0.05, 0) is 50.4 Å². The molecule has 2 atom stereocenters. The summed E-state index contributed by atoms with van der Waals surface area (Å²) in [6.45, 7) is 5.75. The molecular formula is C17H24ClN3. The van der Waals surface area contributed by atoms with E-state index in [2.05, 4.69) is 23.7 Å². The monoisotopic (exact) mass is 305 g/mol. The third-order valence-electron chi connectivity index (χ3n) is 4.71. The van der Waals surface area contributed by atoms with Crippen LogP contribution in [0.15, 0.2) is 18.2 Å². The molecule has 0 spiro atoms. The van der Waals surface area contributed by atoms with Crippen molar-refractivity contribution < 1.29 is 0 Å². The molecule has 1 fully saturated rings. The number of hydrogen-bond donors (Lipinski definition) is 1. The lowest BCUT2D eigenvalue weighted by Gasteiger charge is -2.39. The first-order valence-electron chi connectivity index (χ1n) is 8.13. The zero-order valence-electron chi connectivity index (χ0n) is 12.9. The maximum absolute atomic E-state index is 6.08. The Morgan fingerprint density at radius 1 is 1.38 bits per heavy atom. The number of rotatable bonds is 4. The maximum atomic E-state index is 6.08. The highest BCUT2D eigenvalue weighted by molar-refractivity contribution is 6.31. The van der Waals surface area contributed by atoms with E-state index in [0.717, 1.165) is 28.3 Å². The SMILES string of the molecule is CCC1CCCCN1C(CC)c1nc2ccc(Cl)cc2[nH]1. The molecule has 0 aliphatic carbocycles. The lowest BCUT2D eigenvalue weighted by molar-refractivity contribution is 0.0848. The summed E-state index contributed by atoms with van der Waals surface area (Å²) in [6.07, 6.45) is 6.30. The van der Waals surface area contributed by atoms with Gasteiger partial charge in [0, 0.05) is 11.1 Å². The molecule has 2 heterocycles. The molecule has 2 unspecified atom stereocenters. The summed E-state index contributed by atoms with van der Waals surface area (Å²) in [6, 6.07) is 6.96. The third-order valence-corrected chi connectivity index (χ3v) is 4.94. The number of nitrogens with one attached hydrogen (secondary N) is 1. The number of likely N-dealkylation sites (tertiary alicyclic amines) is 1. The normalized spacial score (nSPS) is 21.8. The van der Waals surface area contributed by atoms with Crippen molar-refractivity contribution in [3.63, 3.8) is 0 Å². The molecule has 1 aromatic heterocycles. The van der Waals surface area contributed by atoms with Gasteiger partial charge in [0.15, 0.2) is 0 Å². The molecule has 1 N–H and O–H groups in total. The Hall–Kier alpha value is -1.06. The fourth-order valence-electron chi connectivity index (χ4n) is 3.62. The number of halogens is 1. The molecule has 1 saturated heterocycles. The van der Waals surface area contributed by atoms with Crippen molar-refractivity contribution in [3.8, 4) is 0 Å². The minimum absolute atomic E-state index is 0.390. The van der Waals surface area contributed by atoms with Gasteiger partial charge < -0.3 is 4.98 Å². The predicted molar refractivity (Wildman–Crippen MR) is 88.8 cm³/mol. The van der Waals surface area contributed by atoms with E-state index in [9.17, 15) is 0 Å². The molecule has 114 valence electrons. The van der Waals surface area contributed by atoms with Gasteiger partial charge in [-0.25, -0.2) is 4.98 Å². The Morgan fingerprint density at radius 3 is 3.00 bits per heavy atom. The minimum atomic E-state index is 0.390. The van der Waals surface area contributed by atoms with Crippen molar-refractivity contribution in [1.82, 2.24) is 14.9 Å². The second-order valence-electron chi connectivity index (χ2n) is 6.00. The van der Waals surface area contributed by atoms with Crippen LogP contribution in [0.25, 0.3) is 11.0 Å². The summed E-state index contributed by atoms with van der Waals surface area (Å²) in [5.74, 6) is 1.09. The number of imidazole rings is 1. The number of nitrogens with zero attached hydrogens (tertiary/aromatic N) is 2. The van der Waals surface area contributed by atoms with Gasteiger partial charge in [0.25, 0.3) is 0 Å². The van der Waals surface area contributed by atoms with Gasteiger partial charge in [-0.1, -0.05) is 31.9 Å². The van der Waals surface area contributed by atoms with E-state index in [-0.39, 0.29) is 0 Å². The fourth-order valence-corrected chi connectivity index (χ4v) is 3.79. The topological polar surface area (TPSA) is 31.9 Å². The summed E-state index contributed by atoms with van der Waals surface area (Å²) in [4.78, 5) is 11.0. The molecule has 21 heavy (non-hydrogen) atoms. The van der Waals surface area contributed by atoms with Gasteiger partial charge in [0.05, 0.1) is 17.1 Å². The van der Waals surface area contributed by atoms with Crippen molar-refractivity contribution in [1.29, 1.82) is 0 Å². The first kappa shape index (κ1) is 14.9. The molecule has 0 bridgehead atoms. The quantitative estimate of drug-likeness (QED) is 0.868. The summed E-state index contributed by atoms with van der Waals surface area (Å²) < 4.78 is 0. The fraction of sp³-hybridized carbons (Fsp3) is 0.588. The Morgan fingerprint density at radius 2 is 2.24 bits per heavy atom. The van der Waals surface area contributed by atoms with Crippen molar-refractivity contribution in [2.45, 2.75) is 58.0 Å². The van der Waals surface area contributed by atoms with Crippen LogP contribution in [0.2, 0.25) is 5.02 Å². The third kappa shape index (κ3) is 2.95. The van der Waals surface area contributed by atoms with E-state index >= 15 is 0 Å². The molecule has 1 aliphatic heterocycles. The number of benzene rings is 1. The zero-order chi connectivity index (χ0) is 14.8. The lowest BCUT2D eigenvalue weighted by Crippen LogP contribution is -2.41. The largest absolute Gasteiger partial charge is 0.341 e. The molecule has 2 aromatic rings. The molecule has 1 aromatic carbocycles. The van der Waals surface area contributed by atoms with E-state index in [1.807, 2.05) is 18.2 Å². The molecule has 3 nitrogen and oxygen atoms in total. The van der Waals surface area contributed by atoms with E-state index in [4.69, 9.17) is 16.6 Å². The number of piperidine rings is 1. The van der Waals surface area contributed by atoms with Crippen molar-refractivity contribution >= 4 is 22.6 Å². The van der Waals surface area contributed by atoms with Gasteiger partial charge in [-0.2, -0.15) is 0 Å². The highest BCUT2D eigenvalue weighted by atomic mass is 35.5. The van der Waals surface area contributed by atoms with Crippen LogP contribution in [-0.2, 0) is 0 Å². The predicted octanol–water partition coefficient (Wildman–Crippen LogP) is 4.93. The van der Waals surface area contributed by atoms with Crippen LogP contribution >= 0.6 is 11.6 Å². The van der Waals surface area contributed by atoms with Crippen LogP contribution in [-0.4, -0.2) is 27.5 Å². The minimum Gasteiger partial charge on any atom is -0.341 e. The molecule has 1 aliphatic rings. The van der Waals surface area contributed by atoms with Crippen LogP contribution < -0.4 is 0 Å². The Labute approximate surface area is 131 Å². The van der Waals surface area contributed by atoms with Crippen LogP contribution in [0.4, 0.5) is 0 Å². The van der Waals surface area contributed by atoms with E-state index in [0.29, 0.717) is 12.1 Å². The molecule has 0 saturated carbocycles. The number of aromatic amines is 1. The number of hydrogen-bond acceptors (Lipinski definition) is 2. The summed E-state index contributed by atoms with van der Waals surface area (Å²) in [5.41, 5.74) is 2.05. The smallest absolute Gasteiger partial charge is 0.124 e. The second kappa shape index (κ2) is 6.37. The average molecular weight is 306 g/mol. The Balaban J connectivity index is 1.93. The number of aromatic nitrogens is 2. The average Bonchev–Trinajstić information content (AvgIpc) is 2.91. The molecular weight excluding hydrogens is 282 g/mol. The Kier molecular flexibility index (Phi) is 4.51. The van der Waals surface area contributed by atoms with Gasteiger partial charge in [0.1, 0.15) is 5.82 Å². The zero-order valence-corrected chi connectivity index (χ0v) is 13.7. The van der Waals surface area contributed by atoms with Crippen LogP contribution in [0.5, 0.6) is 0 Å². The highest BCUT2D eigenvalue weighted by Crippen LogP contribution is 2.32. The summed E-state index contributed by atoms with van der Waals surface area (Å²) in [5, 5.41) is 0.759. The van der Waals surface area contributed by atoms with Gasteiger partial charge in [-0.15, -0.1) is 0 Å². The van der Waals surface area contributed by atoms with Crippen LogP contribution in [0.3, 0.4) is 0 Å². The van der Waals surface area contributed by atoms with Gasteiger partial charge >= 0.3 is 0 Å². The van der Waals surface area contributed by atoms with E-state index < -0.39 is 0 Å². The van der Waals surface area contributed by atoms with Crippen LogP contribution in [0, 0.1) is 0 Å². The van der Waals surface area contributed by atoms with Crippen molar-refractivity contribution in [3.05, 3.63) is 29.0 Å². The standard InChI is InChI=1S/C17H24ClN3/c1-3-13-7-5-6-10-21(13)16(4-2)17-19-14-9-8-12(18)11-15(14)20-17/h8-9,11,13,16H,3-7,10H2,1-2H3,(H,19,20). The first-order valence-corrected chi connectivity index (χ1v) is 8.51. The Bertz CT molecular complexity index is 607. The van der Waals surface area contributed by atoms with Crippen molar-refractivity contribution in [2.24, 2.45) is 0 Å². The second-order valence-corrected chi connectivity index (χ2v) is 6.44.